The molecule has 2 amide bonds. The summed E-state index contributed by atoms with van der Waals surface area (Å²) in [6.07, 6.45) is -24.6. The van der Waals surface area contributed by atoms with Gasteiger partial charge in [-0.05, 0) is 91.6 Å². The van der Waals surface area contributed by atoms with Gasteiger partial charge in [0.15, 0.2) is 11.6 Å². The van der Waals surface area contributed by atoms with Crippen molar-refractivity contribution in [1.82, 2.24) is 35.3 Å². The van der Waals surface area contributed by atoms with E-state index in [0.29, 0.717) is 42.1 Å². The fraction of sp³-hybridized carbons (Fsp3) is 0.298. The Bertz CT molecular complexity index is 2910. The van der Waals surface area contributed by atoms with Gasteiger partial charge in [0.05, 0.1) is 26.9 Å². The van der Waals surface area contributed by atoms with E-state index in [1.54, 1.807) is 51.1 Å². The van der Waals surface area contributed by atoms with Crippen LogP contribution in [0.1, 0.15) is 77.2 Å². The minimum Gasteiger partial charge on any atom is -0.329 e. The molecule has 9 nitrogen and oxygen atoms in total. The Kier molecular flexibility index (Phi) is 17.3. The summed E-state index contributed by atoms with van der Waals surface area (Å²) in [6.45, 7) is 2.79. The fourth-order valence-corrected chi connectivity index (χ4v) is 7.82. The van der Waals surface area contributed by atoms with E-state index in [0.717, 1.165) is 12.3 Å². The van der Waals surface area contributed by atoms with Crippen molar-refractivity contribution in [2.24, 2.45) is 0 Å². The van der Waals surface area contributed by atoms with Crippen molar-refractivity contribution in [2.45, 2.75) is 80.3 Å². The Balaban J connectivity index is 0.000000274. The maximum atomic E-state index is 14.6. The lowest BCUT2D eigenvalue weighted by Gasteiger charge is -2.36. The average molecular weight is 1090 g/mol. The first kappa shape index (κ1) is 58.1. The van der Waals surface area contributed by atoms with Crippen molar-refractivity contribution in [1.29, 1.82) is 0 Å². The number of rotatable bonds is 12. The number of urea groups is 1. The van der Waals surface area contributed by atoms with Crippen molar-refractivity contribution in [2.75, 3.05) is 6.54 Å². The molecule has 0 aliphatic carbocycles. The van der Waals surface area contributed by atoms with Crippen LogP contribution >= 0.6 is 0 Å². The van der Waals surface area contributed by atoms with Crippen LogP contribution in [0.3, 0.4) is 0 Å². The number of hydrogen-bond acceptors (Lipinski definition) is 6. The first-order valence-electron chi connectivity index (χ1n) is 21.0. The van der Waals surface area contributed by atoms with E-state index in [1.165, 1.54) is 35.6 Å². The van der Waals surface area contributed by atoms with Gasteiger partial charge in [0, 0.05) is 25.2 Å². The maximum Gasteiger partial charge on any atom is 0.433 e. The zero-order valence-corrected chi connectivity index (χ0v) is 38.9. The molecule has 0 aliphatic rings. The van der Waals surface area contributed by atoms with E-state index < -0.39 is 134 Å². The second kappa shape index (κ2) is 22.0. The summed E-state index contributed by atoms with van der Waals surface area (Å²) in [6, 6.07) is 17.2. The largest absolute Gasteiger partial charge is 0.433 e. The number of nitrogens with zero attached hydrogens (tertiary/aromatic N) is 4. The summed E-state index contributed by atoms with van der Waals surface area (Å²) in [5.41, 5.74) is -11.2. The van der Waals surface area contributed by atoms with E-state index in [9.17, 15) is 83.6 Å². The highest BCUT2D eigenvalue weighted by molar-refractivity contribution is 7.84. The molecule has 6 rings (SSSR count). The third-order valence-corrected chi connectivity index (χ3v) is 12.0. The van der Waals surface area contributed by atoms with Crippen LogP contribution in [0.4, 0.5) is 79.4 Å². The van der Waals surface area contributed by atoms with E-state index in [4.69, 9.17) is 0 Å². The highest BCUT2D eigenvalue weighted by atomic mass is 32.2. The minimum absolute atomic E-state index is 0.105. The predicted molar refractivity (Wildman–Crippen MR) is 232 cm³/mol. The van der Waals surface area contributed by atoms with Gasteiger partial charge < -0.3 is 10.6 Å². The molecule has 0 spiro atoms. The first-order chi connectivity index (χ1) is 34.0. The van der Waals surface area contributed by atoms with Crippen LogP contribution in [-0.4, -0.2) is 47.6 Å². The van der Waals surface area contributed by atoms with Crippen molar-refractivity contribution < 1.29 is 83.6 Å². The Morgan fingerprint density at radius 3 is 1.27 bits per heavy atom. The van der Waals surface area contributed by atoms with Crippen LogP contribution in [0.25, 0.3) is 0 Å². The Hall–Kier alpha value is -6.77. The van der Waals surface area contributed by atoms with Crippen LogP contribution in [0.15, 0.2) is 122 Å². The number of alkyl halides is 15. The SMILES string of the molecule is CC(C)(C)[S@@](=O)N[C@@](Cc1ccccc1)(c1cc(F)cc(C(F)(F)F)c1)c1nccc(C(F)(F)F)n1.O=C(NCC(F)(F)F)N[C@@](Cc1ccccc1)(c1cc(F)cc(C(F)(F)F)c1)c1nccc(C(F)(F)F)n1. The molecule has 0 bridgehead atoms. The van der Waals surface area contributed by atoms with Crippen LogP contribution < -0.4 is 15.4 Å². The van der Waals surface area contributed by atoms with Gasteiger partial charge in [-0.25, -0.2) is 42.4 Å². The van der Waals surface area contributed by atoms with Crippen LogP contribution in [-0.2, 0) is 59.6 Å². The van der Waals surface area contributed by atoms with Gasteiger partial charge >= 0.3 is 36.9 Å². The molecule has 27 heteroatoms. The molecular weight excluding hydrogens is 1050 g/mol. The van der Waals surface area contributed by atoms with Gasteiger partial charge in [-0.1, -0.05) is 60.7 Å². The number of benzene rings is 4. The van der Waals surface area contributed by atoms with Gasteiger partial charge in [-0.3, -0.25) is 0 Å². The van der Waals surface area contributed by atoms with E-state index in [1.807, 2.05) is 5.32 Å². The van der Waals surface area contributed by atoms with E-state index in [-0.39, 0.29) is 24.1 Å². The van der Waals surface area contributed by atoms with E-state index >= 15 is 0 Å². The summed E-state index contributed by atoms with van der Waals surface area (Å²) in [4.78, 5) is 27.2. The molecule has 3 atom stereocenters. The van der Waals surface area contributed by atoms with Gasteiger partial charge in [-0.2, -0.15) is 65.9 Å². The molecular formula is C47H38F17N7O2S. The Morgan fingerprint density at radius 2 is 0.892 bits per heavy atom. The number of amides is 2. The lowest BCUT2D eigenvalue weighted by molar-refractivity contribution is -0.142. The lowest BCUT2D eigenvalue weighted by Crippen LogP contribution is -2.54. The Morgan fingerprint density at radius 1 is 0.514 bits per heavy atom. The van der Waals surface area contributed by atoms with Crippen molar-refractivity contribution >= 4 is 17.0 Å². The molecule has 0 aliphatic heterocycles. The fourth-order valence-electron chi connectivity index (χ4n) is 6.91. The number of halogens is 17. The van der Waals surface area contributed by atoms with Crippen molar-refractivity contribution in [3.8, 4) is 0 Å². The van der Waals surface area contributed by atoms with Gasteiger partial charge in [0.25, 0.3) is 0 Å². The van der Waals surface area contributed by atoms with Crippen LogP contribution in [0, 0.1) is 11.6 Å². The molecule has 0 fully saturated rings. The number of carbonyl (C=O) groups excluding carboxylic acids is 1. The normalized spacial score (nSPS) is 14.7. The molecule has 74 heavy (non-hydrogen) atoms. The standard InChI is InChI=1S/C24H22F7N3OS.C23H16F10N4O/c1-21(2,3)36(35)34-22(14-15-7-5-4-6-8-15,20-32-10-9-19(33-20)24(29,30)31)16-11-17(23(26,27)28)13-18(25)12-16;24-16-9-14(8-15(10-16)22(28,29)30)20(11-13-4-2-1-3-5-13,37-19(38)35-12-21(25,26)27)18-34-7-6-17(36-18)23(31,32)33/h4-13,34H,14H2,1-3H3;1-10H,11-12H2,(H2,35,37,38)/t22-,36+;20-/m00/s1. The summed E-state index contributed by atoms with van der Waals surface area (Å²) in [7, 11) is -2.06. The number of hydrogen-bond donors (Lipinski definition) is 3. The highest BCUT2D eigenvalue weighted by Crippen LogP contribution is 2.41. The summed E-state index contributed by atoms with van der Waals surface area (Å²) >= 11 is 0. The highest BCUT2D eigenvalue weighted by Gasteiger charge is 2.47. The summed E-state index contributed by atoms with van der Waals surface area (Å²) in [5.74, 6) is -4.33. The zero-order valence-electron chi connectivity index (χ0n) is 38.1. The second-order valence-corrected chi connectivity index (χ2v) is 19.0. The summed E-state index contributed by atoms with van der Waals surface area (Å²) < 4.78 is 244. The molecule has 2 heterocycles. The molecule has 0 radical (unpaired) electrons. The van der Waals surface area contributed by atoms with Gasteiger partial charge in [-0.15, -0.1) is 0 Å². The Labute approximate surface area is 411 Å². The second-order valence-electron chi connectivity index (χ2n) is 17.0. The summed E-state index contributed by atoms with van der Waals surface area (Å²) in [5, 5.41) is 3.43. The van der Waals surface area contributed by atoms with Gasteiger partial charge in [0.1, 0.15) is 40.6 Å². The van der Waals surface area contributed by atoms with Gasteiger partial charge in [0.2, 0.25) is 0 Å². The first-order valence-corrected chi connectivity index (χ1v) is 22.2. The smallest absolute Gasteiger partial charge is 0.329 e. The number of aromatic nitrogens is 4. The molecule has 4 aromatic carbocycles. The van der Waals surface area contributed by atoms with Crippen LogP contribution in [0.2, 0.25) is 0 Å². The molecule has 2 aromatic heterocycles. The topological polar surface area (TPSA) is 122 Å². The van der Waals surface area contributed by atoms with E-state index in [2.05, 4.69) is 24.7 Å². The molecule has 0 saturated carbocycles. The quantitative estimate of drug-likeness (QED) is 0.105. The average Bonchev–Trinajstić information content (AvgIpc) is 3.29. The third kappa shape index (κ3) is 15.2. The monoisotopic (exact) mass is 1090 g/mol. The molecule has 6 aromatic rings. The van der Waals surface area contributed by atoms with Crippen molar-refractivity contribution in [3.05, 3.63) is 190 Å². The third-order valence-electron chi connectivity index (χ3n) is 10.3. The number of nitrogens with one attached hydrogen (secondary N) is 3. The lowest BCUT2D eigenvalue weighted by atomic mass is 9.81. The number of carbonyl (C=O) groups is 1. The predicted octanol–water partition coefficient (Wildman–Crippen LogP) is 12.2. The molecule has 0 unspecified atom stereocenters. The minimum atomic E-state index is -5.14. The zero-order chi connectivity index (χ0) is 55.3. The molecule has 398 valence electrons. The molecule has 0 saturated heterocycles. The molecule has 3 N–H and O–H groups in total. The maximum absolute atomic E-state index is 14.6. The van der Waals surface area contributed by atoms with Crippen LogP contribution in [0.5, 0.6) is 0 Å². The van der Waals surface area contributed by atoms with Crippen molar-refractivity contribution in [3.63, 3.8) is 0 Å².